The zero-order valence-corrected chi connectivity index (χ0v) is 21.3. The molecule has 0 aliphatic carbocycles. The maximum absolute atomic E-state index is 4.74. The summed E-state index contributed by atoms with van der Waals surface area (Å²) >= 11 is 1.72. The van der Waals surface area contributed by atoms with Gasteiger partial charge in [-0.2, -0.15) is 5.10 Å². The SMILES string of the molecule is CN=C(NCc1ccccc1Cn1cccn1)NCc1sc(-c2ccccc2)nc1C.I. The van der Waals surface area contributed by atoms with Crippen molar-refractivity contribution in [3.05, 3.63) is 94.8 Å². The number of aliphatic imine (C=N–C) groups is 1. The van der Waals surface area contributed by atoms with E-state index in [4.69, 9.17) is 4.98 Å². The topological polar surface area (TPSA) is 67.1 Å². The van der Waals surface area contributed by atoms with Gasteiger partial charge in [0.15, 0.2) is 5.96 Å². The van der Waals surface area contributed by atoms with Crippen molar-refractivity contribution in [2.75, 3.05) is 7.05 Å². The Hall–Kier alpha value is -2.72. The van der Waals surface area contributed by atoms with E-state index in [9.17, 15) is 0 Å². The number of thiazole rings is 1. The highest BCUT2D eigenvalue weighted by atomic mass is 127. The summed E-state index contributed by atoms with van der Waals surface area (Å²) in [6.07, 6.45) is 3.78. The van der Waals surface area contributed by atoms with Crippen LogP contribution in [0.1, 0.15) is 21.7 Å². The number of rotatable bonds is 7. The fourth-order valence-corrected chi connectivity index (χ4v) is 4.32. The maximum Gasteiger partial charge on any atom is 0.191 e. The van der Waals surface area contributed by atoms with E-state index in [1.807, 2.05) is 35.1 Å². The maximum atomic E-state index is 4.74. The molecule has 2 aromatic heterocycles. The second kappa shape index (κ2) is 11.8. The molecule has 4 aromatic rings. The second-order valence-electron chi connectivity index (χ2n) is 7.15. The van der Waals surface area contributed by atoms with Gasteiger partial charge in [-0.1, -0.05) is 54.6 Å². The molecule has 2 N–H and O–H groups in total. The van der Waals surface area contributed by atoms with Crippen LogP contribution in [0.5, 0.6) is 0 Å². The Morgan fingerprint density at radius 1 is 0.969 bits per heavy atom. The van der Waals surface area contributed by atoms with E-state index < -0.39 is 0 Å². The Bertz CT molecular complexity index is 1140. The first kappa shape index (κ1) is 23.9. The Balaban J connectivity index is 0.00000289. The molecule has 0 aliphatic heterocycles. The van der Waals surface area contributed by atoms with Crippen LogP contribution in [0.15, 0.2) is 78.0 Å². The predicted molar refractivity (Wildman–Crippen MR) is 143 cm³/mol. The first-order chi connectivity index (χ1) is 15.2. The van der Waals surface area contributed by atoms with Gasteiger partial charge in [-0.25, -0.2) is 4.98 Å². The van der Waals surface area contributed by atoms with E-state index in [2.05, 4.69) is 64.0 Å². The molecule has 0 bridgehead atoms. The van der Waals surface area contributed by atoms with Crippen molar-refractivity contribution in [2.45, 2.75) is 26.6 Å². The summed E-state index contributed by atoms with van der Waals surface area (Å²) < 4.78 is 1.93. The molecule has 0 atom stereocenters. The number of hydrogen-bond acceptors (Lipinski definition) is 4. The lowest BCUT2D eigenvalue weighted by atomic mass is 10.1. The van der Waals surface area contributed by atoms with Crippen LogP contribution >= 0.6 is 35.3 Å². The summed E-state index contributed by atoms with van der Waals surface area (Å²) in [5, 5.41) is 12.2. The van der Waals surface area contributed by atoms with Crippen LogP contribution in [0, 0.1) is 6.92 Å². The molecular weight excluding hydrogens is 531 g/mol. The highest BCUT2D eigenvalue weighted by Crippen LogP contribution is 2.27. The van der Waals surface area contributed by atoms with Crippen LogP contribution in [0.4, 0.5) is 0 Å². The summed E-state index contributed by atoms with van der Waals surface area (Å²) in [5.41, 5.74) is 4.66. The highest BCUT2D eigenvalue weighted by molar-refractivity contribution is 14.0. The van der Waals surface area contributed by atoms with E-state index in [0.29, 0.717) is 13.1 Å². The summed E-state index contributed by atoms with van der Waals surface area (Å²) in [7, 11) is 1.79. The number of guanidine groups is 1. The lowest BCUT2D eigenvalue weighted by Crippen LogP contribution is -2.36. The van der Waals surface area contributed by atoms with Crippen LogP contribution in [0.3, 0.4) is 0 Å². The zero-order valence-electron chi connectivity index (χ0n) is 18.2. The van der Waals surface area contributed by atoms with Crippen molar-refractivity contribution in [1.29, 1.82) is 0 Å². The van der Waals surface area contributed by atoms with Gasteiger partial charge in [0.2, 0.25) is 0 Å². The molecule has 0 unspecified atom stereocenters. The lowest BCUT2D eigenvalue weighted by molar-refractivity contribution is 0.677. The van der Waals surface area contributed by atoms with Crippen LogP contribution in [-0.4, -0.2) is 27.8 Å². The van der Waals surface area contributed by atoms with Crippen molar-refractivity contribution >= 4 is 41.3 Å². The molecule has 0 fully saturated rings. The standard InChI is InChI=1S/C24H26N6S.HI/c1-18-22(31-23(29-18)19-9-4-3-5-10-19)16-27-24(25-2)26-15-20-11-6-7-12-21(20)17-30-14-8-13-28-30;/h3-14H,15-17H2,1-2H3,(H2,25,26,27);1H. The molecule has 2 heterocycles. The predicted octanol–water partition coefficient (Wildman–Crippen LogP) is 4.85. The minimum absolute atomic E-state index is 0. The molecule has 0 saturated heterocycles. The molecule has 0 spiro atoms. The van der Waals surface area contributed by atoms with E-state index in [-0.39, 0.29) is 24.0 Å². The van der Waals surface area contributed by atoms with Crippen molar-refractivity contribution < 1.29 is 0 Å². The number of benzene rings is 2. The van der Waals surface area contributed by atoms with Crippen LogP contribution in [-0.2, 0) is 19.6 Å². The van der Waals surface area contributed by atoms with E-state index in [1.165, 1.54) is 16.0 Å². The normalized spacial score (nSPS) is 11.1. The van der Waals surface area contributed by atoms with Gasteiger partial charge in [0, 0.05) is 36.4 Å². The van der Waals surface area contributed by atoms with Gasteiger partial charge in [0.05, 0.1) is 18.8 Å². The molecule has 0 amide bonds. The molecule has 32 heavy (non-hydrogen) atoms. The molecular formula is C24H27IN6S. The van der Waals surface area contributed by atoms with Gasteiger partial charge in [-0.05, 0) is 24.1 Å². The van der Waals surface area contributed by atoms with Crippen molar-refractivity contribution in [2.24, 2.45) is 4.99 Å². The average molecular weight is 558 g/mol. The monoisotopic (exact) mass is 558 g/mol. The quantitative estimate of drug-likeness (QED) is 0.194. The molecule has 0 saturated carbocycles. The lowest BCUT2D eigenvalue weighted by Gasteiger charge is -2.14. The molecule has 6 nitrogen and oxygen atoms in total. The Morgan fingerprint density at radius 2 is 1.69 bits per heavy atom. The number of hydrogen-bond donors (Lipinski definition) is 2. The molecule has 8 heteroatoms. The van der Waals surface area contributed by atoms with E-state index >= 15 is 0 Å². The molecule has 0 aliphatic rings. The Morgan fingerprint density at radius 3 is 2.41 bits per heavy atom. The molecule has 166 valence electrons. The van der Waals surface area contributed by atoms with Crippen LogP contribution in [0.2, 0.25) is 0 Å². The summed E-state index contributed by atoms with van der Waals surface area (Å²) in [6.45, 7) is 4.18. The third-order valence-electron chi connectivity index (χ3n) is 5.01. The highest BCUT2D eigenvalue weighted by Gasteiger charge is 2.10. The largest absolute Gasteiger partial charge is 0.352 e. The number of nitrogens with zero attached hydrogens (tertiary/aromatic N) is 4. The van der Waals surface area contributed by atoms with Gasteiger partial charge in [0.25, 0.3) is 0 Å². The zero-order chi connectivity index (χ0) is 21.5. The molecule has 0 radical (unpaired) electrons. The Kier molecular flexibility index (Phi) is 8.81. The van der Waals surface area contributed by atoms with Gasteiger partial charge in [-0.3, -0.25) is 9.67 Å². The molecule has 2 aromatic carbocycles. The first-order valence-corrected chi connectivity index (χ1v) is 11.0. The minimum Gasteiger partial charge on any atom is -0.352 e. The third-order valence-corrected chi connectivity index (χ3v) is 6.22. The van der Waals surface area contributed by atoms with Crippen LogP contribution < -0.4 is 10.6 Å². The fraction of sp³-hybridized carbons (Fsp3) is 0.208. The van der Waals surface area contributed by atoms with E-state index in [0.717, 1.165) is 28.8 Å². The second-order valence-corrected chi connectivity index (χ2v) is 8.23. The van der Waals surface area contributed by atoms with Crippen molar-refractivity contribution in [3.8, 4) is 10.6 Å². The summed E-state index contributed by atoms with van der Waals surface area (Å²) in [6, 6.07) is 20.6. The summed E-state index contributed by atoms with van der Waals surface area (Å²) in [4.78, 5) is 10.3. The number of aryl methyl sites for hydroxylation is 1. The number of nitrogens with one attached hydrogen (secondary N) is 2. The minimum atomic E-state index is 0. The summed E-state index contributed by atoms with van der Waals surface area (Å²) in [5.74, 6) is 0.767. The third kappa shape index (κ3) is 6.17. The van der Waals surface area contributed by atoms with Gasteiger partial charge in [0.1, 0.15) is 5.01 Å². The Labute approximate surface area is 209 Å². The number of aromatic nitrogens is 3. The smallest absolute Gasteiger partial charge is 0.191 e. The van der Waals surface area contributed by atoms with Gasteiger partial charge < -0.3 is 10.6 Å². The van der Waals surface area contributed by atoms with Gasteiger partial charge in [-0.15, -0.1) is 35.3 Å². The van der Waals surface area contributed by atoms with Crippen molar-refractivity contribution in [1.82, 2.24) is 25.4 Å². The van der Waals surface area contributed by atoms with Crippen molar-refractivity contribution in [3.63, 3.8) is 0 Å². The first-order valence-electron chi connectivity index (χ1n) is 10.2. The van der Waals surface area contributed by atoms with Gasteiger partial charge >= 0.3 is 0 Å². The van der Waals surface area contributed by atoms with E-state index in [1.54, 1.807) is 24.6 Å². The molecule has 4 rings (SSSR count). The fourth-order valence-electron chi connectivity index (χ4n) is 3.31. The number of halogens is 1. The van der Waals surface area contributed by atoms with Crippen LogP contribution in [0.25, 0.3) is 10.6 Å². The average Bonchev–Trinajstić information content (AvgIpc) is 3.45.